The highest BCUT2D eigenvalue weighted by molar-refractivity contribution is 5.91. The molecule has 2 aliphatic rings. The van der Waals surface area contributed by atoms with E-state index < -0.39 is 18.1 Å². The van der Waals surface area contributed by atoms with Gasteiger partial charge < -0.3 is 26.8 Å². The third kappa shape index (κ3) is 8.56. The number of carbonyl (C=O) groups is 3. The molecule has 2 atom stereocenters. The molecule has 0 aromatic rings. The number of nitrogens with two attached hydrogens (primary N) is 2. The number of carbonyl (C=O) groups excluding carboxylic acids is 2. The lowest BCUT2D eigenvalue weighted by Gasteiger charge is -2.35. The normalized spacial score (nSPS) is 20.1. The Morgan fingerprint density at radius 2 is 1.90 bits per heavy atom. The van der Waals surface area contributed by atoms with Crippen LogP contribution >= 0.6 is 0 Å². The van der Waals surface area contributed by atoms with Crippen molar-refractivity contribution in [3.63, 3.8) is 0 Å². The summed E-state index contributed by atoms with van der Waals surface area (Å²) in [6, 6.07) is -1.24. The average Bonchev–Trinajstić information content (AvgIpc) is 2.76. The lowest BCUT2D eigenvalue weighted by atomic mass is 9.84. The SMILES string of the molecule is NC(N)=NCCCNC(=O)[C@@H]1CCC=CN1C(=O)[C@@H](CC1CCCCC1)NCC(=O)O. The summed E-state index contributed by atoms with van der Waals surface area (Å²) in [5, 5.41) is 14.8. The number of carboxylic acids is 1. The molecule has 1 aliphatic carbocycles. The van der Waals surface area contributed by atoms with Gasteiger partial charge in [0.2, 0.25) is 11.8 Å². The summed E-state index contributed by atoms with van der Waals surface area (Å²) in [6.45, 7) is 0.529. The fourth-order valence-corrected chi connectivity index (χ4v) is 4.20. The molecule has 0 unspecified atom stereocenters. The lowest BCUT2D eigenvalue weighted by molar-refractivity contribution is -0.141. The molecule has 2 amide bonds. The maximum atomic E-state index is 13.3. The number of hydrogen-bond acceptors (Lipinski definition) is 5. The van der Waals surface area contributed by atoms with Crippen molar-refractivity contribution < 1.29 is 19.5 Å². The smallest absolute Gasteiger partial charge is 0.317 e. The number of carboxylic acid groups (broad SMARTS) is 1. The van der Waals surface area contributed by atoms with Gasteiger partial charge in [-0.3, -0.25) is 24.7 Å². The highest BCUT2D eigenvalue weighted by Gasteiger charge is 2.34. The van der Waals surface area contributed by atoms with Gasteiger partial charge in [0.15, 0.2) is 5.96 Å². The van der Waals surface area contributed by atoms with E-state index in [0.29, 0.717) is 44.7 Å². The maximum absolute atomic E-state index is 13.3. The van der Waals surface area contributed by atoms with Crippen LogP contribution in [0.25, 0.3) is 0 Å². The molecule has 2 rings (SSSR count). The molecular weight excluding hydrogens is 400 g/mol. The number of allylic oxidation sites excluding steroid dienone is 1. The monoisotopic (exact) mass is 436 g/mol. The molecule has 1 fully saturated rings. The summed E-state index contributed by atoms with van der Waals surface area (Å²) in [4.78, 5) is 42.5. The van der Waals surface area contributed by atoms with Crippen LogP contribution in [0.4, 0.5) is 0 Å². The van der Waals surface area contributed by atoms with Gasteiger partial charge >= 0.3 is 5.97 Å². The highest BCUT2D eigenvalue weighted by Crippen LogP contribution is 2.28. The van der Waals surface area contributed by atoms with E-state index in [9.17, 15) is 14.4 Å². The van der Waals surface area contributed by atoms with Crippen LogP contribution in [0.2, 0.25) is 0 Å². The van der Waals surface area contributed by atoms with Gasteiger partial charge in [-0.05, 0) is 31.6 Å². The second-order valence-electron chi connectivity index (χ2n) is 8.24. The zero-order chi connectivity index (χ0) is 22.6. The molecule has 0 saturated heterocycles. The Balaban J connectivity index is 2.00. The molecular formula is C21H36N6O4. The maximum Gasteiger partial charge on any atom is 0.317 e. The van der Waals surface area contributed by atoms with E-state index in [0.717, 1.165) is 25.7 Å². The van der Waals surface area contributed by atoms with Gasteiger partial charge in [-0.25, -0.2) is 0 Å². The summed E-state index contributed by atoms with van der Waals surface area (Å²) >= 11 is 0. The summed E-state index contributed by atoms with van der Waals surface area (Å²) in [5.74, 6) is -1.08. The largest absolute Gasteiger partial charge is 0.480 e. The zero-order valence-electron chi connectivity index (χ0n) is 18.1. The van der Waals surface area contributed by atoms with Crippen molar-refractivity contribution in [2.75, 3.05) is 19.6 Å². The molecule has 174 valence electrons. The first-order valence-corrected chi connectivity index (χ1v) is 11.2. The minimum atomic E-state index is -1.01. The average molecular weight is 437 g/mol. The highest BCUT2D eigenvalue weighted by atomic mass is 16.4. The third-order valence-electron chi connectivity index (χ3n) is 5.79. The van der Waals surface area contributed by atoms with Gasteiger partial charge in [-0.15, -0.1) is 0 Å². The van der Waals surface area contributed by atoms with Crippen molar-refractivity contribution in [1.82, 2.24) is 15.5 Å². The zero-order valence-corrected chi connectivity index (χ0v) is 18.1. The fraction of sp³-hybridized carbons (Fsp3) is 0.714. The molecule has 1 aliphatic heterocycles. The quantitative estimate of drug-likeness (QED) is 0.176. The van der Waals surface area contributed by atoms with Crippen molar-refractivity contribution in [3.05, 3.63) is 12.3 Å². The van der Waals surface area contributed by atoms with Crippen molar-refractivity contribution in [1.29, 1.82) is 0 Å². The first-order chi connectivity index (χ1) is 14.9. The van der Waals surface area contributed by atoms with Crippen molar-refractivity contribution >= 4 is 23.7 Å². The second-order valence-corrected chi connectivity index (χ2v) is 8.24. The topological polar surface area (TPSA) is 163 Å². The molecule has 0 bridgehead atoms. The number of rotatable bonds is 11. The standard InChI is InChI=1S/C21H36N6O4/c22-21(23)25-11-6-10-24-19(30)17-9-4-5-12-27(17)20(31)16(26-14-18(28)29)13-15-7-2-1-3-8-15/h5,12,15-17,26H,1-4,6-11,13-14H2,(H,24,30)(H,28,29)(H4,22,23,25)/t16-,17+/m1/s1. The van der Waals surface area contributed by atoms with Crippen LogP contribution in [0.15, 0.2) is 17.3 Å². The Kier molecular flexibility index (Phi) is 10.3. The summed E-state index contributed by atoms with van der Waals surface area (Å²) in [7, 11) is 0. The Labute approximate surface area is 183 Å². The minimum absolute atomic E-state index is 0.0124. The minimum Gasteiger partial charge on any atom is -0.480 e. The van der Waals surface area contributed by atoms with Crippen molar-refractivity contribution in [2.24, 2.45) is 22.4 Å². The number of nitrogens with zero attached hydrogens (tertiary/aromatic N) is 2. The number of amides is 2. The van der Waals surface area contributed by atoms with Crippen LogP contribution in [0, 0.1) is 5.92 Å². The molecule has 0 aromatic heterocycles. The predicted molar refractivity (Wildman–Crippen MR) is 118 cm³/mol. The first-order valence-electron chi connectivity index (χ1n) is 11.2. The van der Waals surface area contributed by atoms with E-state index >= 15 is 0 Å². The van der Waals surface area contributed by atoms with Gasteiger partial charge in [0, 0.05) is 19.3 Å². The lowest BCUT2D eigenvalue weighted by Crippen LogP contribution is -2.54. The molecule has 1 heterocycles. The van der Waals surface area contributed by atoms with Gasteiger partial charge in [0.1, 0.15) is 6.04 Å². The first kappa shape index (κ1) is 24.6. The summed E-state index contributed by atoms with van der Waals surface area (Å²) < 4.78 is 0. The molecule has 1 saturated carbocycles. The van der Waals surface area contributed by atoms with E-state index in [-0.39, 0.29) is 24.3 Å². The second kappa shape index (κ2) is 12.9. The molecule has 0 aromatic carbocycles. The van der Waals surface area contributed by atoms with E-state index in [4.69, 9.17) is 16.6 Å². The Hall–Kier alpha value is -2.62. The summed E-state index contributed by atoms with van der Waals surface area (Å²) in [6.07, 6.45) is 11.5. The Morgan fingerprint density at radius 1 is 1.16 bits per heavy atom. The number of aliphatic imine (C=N–C) groups is 1. The van der Waals surface area contributed by atoms with Gasteiger partial charge in [-0.1, -0.05) is 38.2 Å². The number of aliphatic carboxylic acids is 1. The number of hydrogen-bond donors (Lipinski definition) is 5. The van der Waals surface area contributed by atoms with Gasteiger partial charge in [0.05, 0.1) is 12.6 Å². The van der Waals surface area contributed by atoms with E-state index in [1.165, 1.54) is 11.3 Å². The molecule has 0 spiro atoms. The van der Waals surface area contributed by atoms with Crippen LogP contribution < -0.4 is 22.1 Å². The van der Waals surface area contributed by atoms with Crippen molar-refractivity contribution in [3.8, 4) is 0 Å². The van der Waals surface area contributed by atoms with E-state index in [1.54, 1.807) is 6.20 Å². The van der Waals surface area contributed by atoms with Crippen LogP contribution in [0.1, 0.15) is 57.8 Å². The van der Waals surface area contributed by atoms with Crippen LogP contribution in [-0.4, -0.2) is 65.5 Å². The Bertz CT molecular complexity index is 671. The summed E-state index contributed by atoms with van der Waals surface area (Å²) in [5.41, 5.74) is 10.6. The van der Waals surface area contributed by atoms with Gasteiger partial charge in [0.25, 0.3) is 0 Å². The molecule has 31 heavy (non-hydrogen) atoms. The molecule has 7 N–H and O–H groups in total. The fourth-order valence-electron chi connectivity index (χ4n) is 4.20. The van der Waals surface area contributed by atoms with Crippen LogP contribution in [0.5, 0.6) is 0 Å². The predicted octanol–water partition coefficient (Wildman–Crippen LogP) is 0.284. The third-order valence-corrected chi connectivity index (χ3v) is 5.79. The molecule has 10 heteroatoms. The van der Waals surface area contributed by atoms with Gasteiger partial charge in [-0.2, -0.15) is 0 Å². The van der Waals surface area contributed by atoms with E-state index in [1.807, 2.05) is 6.08 Å². The van der Waals surface area contributed by atoms with Crippen molar-refractivity contribution in [2.45, 2.75) is 69.9 Å². The Morgan fingerprint density at radius 3 is 2.58 bits per heavy atom. The number of guanidine groups is 1. The van der Waals surface area contributed by atoms with Crippen LogP contribution in [0.3, 0.4) is 0 Å². The van der Waals surface area contributed by atoms with Crippen LogP contribution in [-0.2, 0) is 14.4 Å². The number of nitrogens with one attached hydrogen (secondary N) is 2. The molecule has 10 nitrogen and oxygen atoms in total. The van der Waals surface area contributed by atoms with E-state index in [2.05, 4.69) is 15.6 Å². The molecule has 0 radical (unpaired) electrons.